The van der Waals surface area contributed by atoms with Gasteiger partial charge in [0.2, 0.25) is 5.91 Å². The fourth-order valence-corrected chi connectivity index (χ4v) is 3.80. The molecule has 0 saturated carbocycles. The van der Waals surface area contributed by atoms with E-state index in [0.29, 0.717) is 37.8 Å². The lowest BCUT2D eigenvalue weighted by molar-refractivity contribution is -0.131. The molecule has 0 spiro atoms. The lowest BCUT2D eigenvalue weighted by Gasteiger charge is -2.35. The first-order chi connectivity index (χ1) is 14.9. The summed E-state index contributed by atoms with van der Waals surface area (Å²) in [4.78, 5) is 25.2. The van der Waals surface area contributed by atoms with Gasteiger partial charge in [-0.25, -0.2) is 9.38 Å². The lowest BCUT2D eigenvalue weighted by atomic mass is 10.1. The SMILES string of the molecule is CCNC(=NCc1ccc(N2CCN(CC)CC2)c(F)c1)N(C)CC(=O)N(CC)CC. The molecule has 1 aliphatic heterocycles. The molecule has 1 aromatic rings. The van der Waals surface area contributed by atoms with Crippen LogP contribution in [0.5, 0.6) is 0 Å². The van der Waals surface area contributed by atoms with E-state index in [0.717, 1.165) is 38.3 Å². The highest BCUT2D eigenvalue weighted by atomic mass is 19.1. The molecule has 1 aliphatic rings. The molecule has 0 unspecified atom stereocenters. The highest BCUT2D eigenvalue weighted by Crippen LogP contribution is 2.22. The highest BCUT2D eigenvalue weighted by Gasteiger charge is 2.19. The number of carbonyl (C=O) groups is 1. The molecule has 174 valence electrons. The molecule has 1 amide bonds. The number of guanidine groups is 1. The summed E-state index contributed by atoms with van der Waals surface area (Å²) in [6, 6.07) is 5.39. The van der Waals surface area contributed by atoms with E-state index in [2.05, 4.69) is 27.0 Å². The standard InChI is InChI=1S/C23H39FN6O/c1-6-25-23(27(5)18-22(31)29(8-3)9-4)26-17-19-10-11-21(20(24)16-19)30-14-12-28(7-2)13-15-30/h10-11,16H,6-9,12-15,17-18H2,1-5H3,(H,25,26). The Morgan fingerprint density at radius 1 is 1.13 bits per heavy atom. The van der Waals surface area contributed by atoms with E-state index in [1.165, 1.54) is 0 Å². The number of nitrogens with zero attached hydrogens (tertiary/aromatic N) is 5. The molecule has 8 heteroatoms. The van der Waals surface area contributed by atoms with Gasteiger partial charge < -0.3 is 24.9 Å². The van der Waals surface area contributed by atoms with Crippen molar-refractivity contribution in [3.63, 3.8) is 0 Å². The maximum atomic E-state index is 14.8. The number of nitrogens with one attached hydrogen (secondary N) is 1. The Balaban J connectivity index is 2.03. The number of anilines is 1. The van der Waals surface area contributed by atoms with Crippen LogP contribution < -0.4 is 10.2 Å². The normalized spacial score (nSPS) is 15.2. The number of carbonyl (C=O) groups excluding carboxylic acids is 1. The molecule has 0 atom stereocenters. The van der Waals surface area contributed by atoms with Crippen LogP contribution in [-0.4, -0.2) is 92.5 Å². The molecule has 1 saturated heterocycles. The lowest BCUT2D eigenvalue weighted by Crippen LogP contribution is -2.46. The van der Waals surface area contributed by atoms with Gasteiger partial charge in [0.25, 0.3) is 0 Å². The number of amides is 1. The Morgan fingerprint density at radius 3 is 2.35 bits per heavy atom. The number of rotatable bonds is 9. The van der Waals surface area contributed by atoms with E-state index < -0.39 is 0 Å². The van der Waals surface area contributed by atoms with Gasteiger partial charge in [0.1, 0.15) is 5.82 Å². The van der Waals surface area contributed by atoms with Crippen molar-refractivity contribution in [3.8, 4) is 0 Å². The van der Waals surface area contributed by atoms with Crippen molar-refractivity contribution in [1.82, 2.24) is 20.0 Å². The van der Waals surface area contributed by atoms with Crippen molar-refractivity contribution >= 4 is 17.6 Å². The van der Waals surface area contributed by atoms with E-state index >= 15 is 0 Å². The molecular weight excluding hydrogens is 395 g/mol. The first-order valence-electron chi connectivity index (χ1n) is 11.5. The second-order valence-electron chi connectivity index (χ2n) is 7.80. The van der Waals surface area contributed by atoms with Crippen LogP contribution in [0, 0.1) is 5.82 Å². The minimum absolute atomic E-state index is 0.0664. The minimum Gasteiger partial charge on any atom is -0.367 e. The molecule has 1 fully saturated rings. The second-order valence-corrected chi connectivity index (χ2v) is 7.80. The van der Waals surface area contributed by atoms with Gasteiger partial charge in [-0.05, 0) is 45.0 Å². The summed E-state index contributed by atoms with van der Waals surface area (Å²) in [5, 5.41) is 3.22. The average molecular weight is 435 g/mol. The van der Waals surface area contributed by atoms with Crippen LogP contribution in [-0.2, 0) is 11.3 Å². The fourth-order valence-electron chi connectivity index (χ4n) is 3.80. The fraction of sp³-hybridized carbons (Fsp3) is 0.652. The predicted octanol–water partition coefficient (Wildman–Crippen LogP) is 2.23. The summed E-state index contributed by atoms with van der Waals surface area (Å²) >= 11 is 0. The van der Waals surface area contributed by atoms with Crippen LogP contribution in [0.15, 0.2) is 23.2 Å². The number of hydrogen-bond donors (Lipinski definition) is 1. The molecule has 1 N–H and O–H groups in total. The van der Waals surface area contributed by atoms with Crippen LogP contribution in [0.4, 0.5) is 10.1 Å². The van der Waals surface area contributed by atoms with Crippen molar-refractivity contribution in [2.45, 2.75) is 34.2 Å². The molecule has 0 aromatic heterocycles. The van der Waals surface area contributed by atoms with E-state index in [1.807, 2.05) is 44.9 Å². The first kappa shape index (κ1) is 24.9. The maximum Gasteiger partial charge on any atom is 0.242 e. The number of piperazine rings is 1. The van der Waals surface area contributed by atoms with E-state index in [1.54, 1.807) is 11.0 Å². The summed E-state index contributed by atoms with van der Waals surface area (Å²) in [6.07, 6.45) is 0. The molecule has 31 heavy (non-hydrogen) atoms. The zero-order valence-electron chi connectivity index (χ0n) is 19.8. The molecule has 7 nitrogen and oxygen atoms in total. The van der Waals surface area contributed by atoms with Gasteiger partial charge in [-0.1, -0.05) is 13.0 Å². The van der Waals surface area contributed by atoms with Crippen molar-refractivity contribution in [2.24, 2.45) is 4.99 Å². The van der Waals surface area contributed by atoms with Gasteiger partial charge in [-0.2, -0.15) is 0 Å². The monoisotopic (exact) mass is 434 g/mol. The van der Waals surface area contributed by atoms with Crippen molar-refractivity contribution in [1.29, 1.82) is 0 Å². The Hall–Kier alpha value is -2.35. The topological polar surface area (TPSA) is 54.4 Å². The molecule has 0 radical (unpaired) electrons. The third kappa shape index (κ3) is 7.09. The van der Waals surface area contributed by atoms with Gasteiger partial charge in [0.05, 0.1) is 18.8 Å². The molecule has 2 rings (SSSR count). The van der Waals surface area contributed by atoms with Crippen LogP contribution in [0.1, 0.15) is 33.3 Å². The van der Waals surface area contributed by atoms with Crippen molar-refractivity contribution in [3.05, 3.63) is 29.6 Å². The van der Waals surface area contributed by atoms with E-state index in [-0.39, 0.29) is 18.3 Å². The van der Waals surface area contributed by atoms with Crippen LogP contribution in [0.3, 0.4) is 0 Å². The summed E-state index contributed by atoms with van der Waals surface area (Å²) in [6.45, 7) is 15.4. The highest BCUT2D eigenvalue weighted by molar-refractivity contribution is 5.86. The number of halogens is 1. The summed E-state index contributed by atoms with van der Waals surface area (Å²) in [5.74, 6) is 0.507. The minimum atomic E-state index is -0.201. The van der Waals surface area contributed by atoms with Crippen LogP contribution >= 0.6 is 0 Å². The Bertz CT molecular complexity index is 729. The largest absolute Gasteiger partial charge is 0.367 e. The zero-order chi connectivity index (χ0) is 22.8. The Morgan fingerprint density at radius 2 is 1.81 bits per heavy atom. The summed E-state index contributed by atoms with van der Waals surface area (Å²) in [5.41, 5.74) is 1.48. The molecule has 0 bridgehead atoms. The number of aliphatic imine (C=N–C) groups is 1. The predicted molar refractivity (Wildman–Crippen MR) is 126 cm³/mol. The molecule has 1 aromatic carbocycles. The number of benzene rings is 1. The quantitative estimate of drug-likeness (QED) is 0.477. The average Bonchev–Trinajstić information content (AvgIpc) is 2.77. The third-order valence-electron chi connectivity index (χ3n) is 5.77. The molecule has 0 aliphatic carbocycles. The molecular formula is C23H39FN6O. The second kappa shape index (κ2) is 12.5. The van der Waals surface area contributed by atoms with E-state index in [4.69, 9.17) is 0 Å². The van der Waals surface area contributed by atoms with E-state index in [9.17, 15) is 9.18 Å². The number of hydrogen-bond acceptors (Lipinski definition) is 4. The van der Waals surface area contributed by atoms with Crippen LogP contribution in [0.25, 0.3) is 0 Å². The van der Waals surface area contributed by atoms with Gasteiger partial charge in [-0.3, -0.25) is 4.79 Å². The van der Waals surface area contributed by atoms with Gasteiger partial charge in [0, 0.05) is 52.9 Å². The maximum absolute atomic E-state index is 14.8. The van der Waals surface area contributed by atoms with Crippen LogP contribution in [0.2, 0.25) is 0 Å². The van der Waals surface area contributed by atoms with Crippen molar-refractivity contribution in [2.75, 3.05) is 70.9 Å². The Kier molecular flexibility index (Phi) is 10.0. The first-order valence-corrected chi connectivity index (χ1v) is 11.5. The van der Waals surface area contributed by atoms with Gasteiger partial charge in [-0.15, -0.1) is 0 Å². The number of likely N-dealkylation sites (N-methyl/N-ethyl adjacent to an activating group) is 3. The zero-order valence-corrected chi connectivity index (χ0v) is 19.8. The van der Waals surface area contributed by atoms with Gasteiger partial charge in [0.15, 0.2) is 5.96 Å². The third-order valence-corrected chi connectivity index (χ3v) is 5.77. The van der Waals surface area contributed by atoms with Gasteiger partial charge >= 0.3 is 0 Å². The molecule has 1 heterocycles. The Labute approximate surface area is 186 Å². The smallest absolute Gasteiger partial charge is 0.242 e. The van der Waals surface area contributed by atoms with Crippen molar-refractivity contribution < 1.29 is 9.18 Å². The summed E-state index contributed by atoms with van der Waals surface area (Å²) < 4.78 is 14.8. The summed E-state index contributed by atoms with van der Waals surface area (Å²) in [7, 11) is 1.85.